The van der Waals surface area contributed by atoms with Gasteiger partial charge >= 0.3 is 0 Å². The van der Waals surface area contributed by atoms with Crippen molar-refractivity contribution < 1.29 is 9.90 Å². The lowest BCUT2D eigenvalue weighted by atomic mass is 10.1. The highest BCUT2D eigenvalue weighted by Crippen LogP contribution is 2.33. The summed E-state index contributed by atoms with van der Waals surface area (Å²) in [6, 6.07) is 3.61. The molecule has 0 bridgehead atoms. The molecular weight excluding hydrogens is 220 g/mol. The number of ketones is 1. The van der Waals surface area contributed by atoms with Gasteiger partial charge in [-0.15, -0.1) is 11.3 Å². The third kappa shape index (κ3) is 2.35. The average molecular weight is 231 g/mol. The summed E-state index contributed by atoms with van der Waals surface area (Å²) in [6.07, 6.45) is 1.53. The van der Waals surface area contributed by atoms with E-state index in [1.807, 2.05) is 6.07 Å². The molecule has 1 aromatic rings. The molecule has 2 rings (SSSR count). The second-order valence-electron chi connectivity index (χ2n) is 3.63. The van der Waals surface area contributed by atoms with Crippen LogP contribution in [0.15, 0.2) is 12.1 Å². The Morgan fingerprint density at radius 3 is 2.86 bits per heavy atom. The number of aliphatic hydroxyl groups excluding tert-OH is 1. The van der Waals surface area contributed by atoms with Gasteiger partial charge in [0.25, 0.3) is 0 Å². The highest BCUT2D eigenvalue weighted by atomic mass is 35.5. The lowest BCUT2D eigenvalue weighted by molar-refractivity contribution is -0.127. The third-order valence-electron chi connectivity index (χ3n) is 2.38. The molecule has 1 N–H and O–H groups in total. The van der Waals surface area contributed by atoms with Gasteiger partial charge in [0.05, 0.1) is 4.34 Å². The van der Waals surface area contributed by atoms with Crippen LogP contribution in [0.1, 0.15) is 17.7 Å². The summed E-state index contributed by atoms with van der Waals surface area (Å²) in [7, 11) is 0. The number of aliphatic hydroxyl groups is 1. The average Bonchev–Trinajstić information content (AvgIpc) is 2.91. The van der Waals surface area contributed by atoms with Crippen LogP contribution in [0.4, 0.5) is 0 Å². The van der Waals surface area contributed by atoms with Gasteiger partial charge in [0.2, 0.25) is 0 Å². The molecule has 1 unspecified atom stereocenters. The quantitative estimate of drug-likeness (QED) is 0.862. The van der Waals surface area contributed by atoms with E-state index in [-0.39, 0.29) is 11.7 Å². The Morgan fingerprint density at radius 1 is 1.64 bits per heavy atom. The highest BCUT2D eigenvalue weighted by molar-refractivity contribution is 7.16. The van der Waals surface area contributed by atoms with Gasteiger partial charge in [-0.25, -0.2) is 0 Å². The lowest BCUT2D eigenvalue weighted by Gasteiger charge is -2.05. The monoisotopic (exact) mass is 230 g/mol. The zero-order valence-corrected chi connectivity index (χ0v) is 9.14. The van der Waals surface area contributed by atoms with Gasteiger partial charge in [-0.3, -0.25) is 4.79 Å². The van der Waals surface area contributed by atoms with Crippen molar-refractivity contribution in [3.63, 3.8) is 0 Å². The molecule has 0 radical (unpaired) electrons. The fourth-order valence-electron chi connectivity index (χ4n) is 1.40. The zero-order valence-electron chi connectivity index (χ0n) is 7.57. The number of Topliss-reactive ketones (excluding diaryl/α,β-unsaturated/α-hetero) is 1. The number of carbonyl (C=O) groups is 1. The van der Waals surface area contributed by atoms with Crippen molar-refractivity contribution >= 4 is 28.7 Å². The predicted molar refractivity (Wildman–Crippen MR) is 56.8 cm³/mol. The fraction of sp³-hybridized carbons (Fsp3) is 0.500. The maximum absolute atomic E-state index is 11.5. The fourth-order valence-corrected chi connectivity index (χ4v) is 2.50. The van der Waals surface area contributed by atoms with Crippen LogP contribution in [0.5, 0.6) is 0 Å². The minimum atomic E-state index is -0.754. The molecule has 1 fully saturated rings. The molecule has 76 valence electrons. The van der Waals surface area contributed by atoms with E-state index < -0.39 is 6.10 Å². The molecule has 1 heterocycles. The maximum Gasteiger partial charge on any atom is 0.166 e. The van der Waals surface area contributed by atoms with Crippen molar-refractivity contribution in [2.75, 3.05) is 0 Å². The highest BCUT2D eigenvalue weighted by Gasteiger charge is 2.34. The van der Waals surface area contributed by atoms with Crippen LogP contribution in [-0.4, -0.2) is 17.0 Å². The number of hydrogen-bond donors (Lipinski definition) is 1. The van der Waals surface area contributed by atoms with Crippen LogP contribution >= 0.6 is 22.9 Å². The Morgan fingerprint density at radius 2 is 2.36 bits per heavy atom. The number of hydrogen-bond acceptors (Lipinski definition) is 3. The number of rotatable bonds is 4. The van der Waals surface area contributed by atoms with Crippen LogP contribution in [0.2, 0.25) is 4.34 Å². The van der Waals surface area contributed by atoms with Crippen LogP contribution in [0.25, 0.3) is 0 Å². The molecule has 0 aliphatic heterocycles. The van der Waals surface area contributed by atoms with E-state index in [1.165, 1.54) is 11.3 Å². The molecular formula is C10H11ClO2S. The minimum Gasteiger partial charge on any atom is -0.385 e. The van der Waals surface area contributed by atoms with E-state index in [4.69, 9.17) is 11.6 Å². The van der Waals surface area contributed by atoms with E-state index >= 15 is 0 Å². The maximum atomic E-state index is 11.5. The van der Waals surface area contributed by atoms with E-state index in [2.05, 4.69) is 0 Å². The van der Waals surface area contributed by atoms with Crippen molar-refractivity contribution in [1.29, 1.82) is 0 Å². The SMILES string of the molecule is O=C(Cc1ccc(Cl)s1)C(O)C1CC1. The number of thiophene rings is 1. The van der Waals surface area contributed by atoms with Crippen LogP contribution in [-0.2, 0) is 11.2 Å². The van der Waals surface area contributed by atoms with Gasteiger partial charge in [0, 0.05) is 11.3 Å². The van der Waals surface area contributed by atoms with Crippen LogP contribution in [0.3, 0.4) is 0 Å². The second-order valence-corrected chi connectivity index (χ2v) is 5.43. The Balaban J connectivity index is 1.93. The molecule has 1 aliphatic rings. The van der Waals surface area contributed by atoms with Gasteiger partial charge in [0.1, 0.15) is 6.10 Å². The van der Waals surface area contributed by atoms with E-state index in [0.29, 0.717) is 10.8 Å². The predicted octanol–water partition coefficient (Wildman–Crippen LogP) is 2.28. The number of halogens is 1. The van der Waals surface area contributed by atoms with Crippen molar-refractivity contribution in [3.8, 4) is 0 Å². The van der Waals surface area contributed by atoms with Gasteiger partial charge in [-0.05, 0) is 30.9 Å². The topological polar surface area (TPSA) is 37.3 Å². The first-order valence-corrected chi connectivity index (χ1v) is 5.81. The summed E-state index contributed by atoms with van der Waals surface area (Å²) in [4.78, 5) is 12.4. The van der Waals surface area contributed by atoms with Gasteiger partial charge < -0.3 is 5.11 Å². The summed E-state index contributed by atoms with van der Waals surface area (Å²) in [5, 5.41) is 9.55. The minimum absolute atomic E-state index is 0.0778. The van der Waals surface area contributed by atoms with Gasteiger partial charge in [0.15, 0.2) is 5.78 Å². The molecule has 0 saturated heterocycles. The second kappa shape index (κ2) is 4.01. The van der Waals surface area contributed by atoms with Crippen molar-refractivity contribution in [3.05, 3.63) is 21.3 Å². The summed E-state index contributed by atoms with van der Waals surface area (Å²) in [6.45, 7) is 0. The van der Waals surface area contributed by atoms with Gasteiger partial charge in [-0.1, -0.05) is 11.6 Å². The molecule has 4 heteroatoms. The molecule has 14 heavy (non-hydrogen) atoms. The smallest absolute Gasteiger partial charge is 0.166 e. The molecule has 2 nitrogen and oxygen atoms in total. The number of carbonyl (C=O) groups excluding carboxylic acids is 1. The largest absolute Gasteiger partial charge is 0.385 e. The van der Waals surface area contributed by atoms with Crippen LogP contribution < -0.4 is 0 Å². The van der Waals surface area contributed by atoms with E-state index in [0.717, 1.165) is 17.7 Å². The Kier molecular flexibility index (Phi) is 2.91. The molecule has 1 aliphatic carbocycles. The first-order chi connectivity index (χ1) is 6.66. The van der Waals surface area contributed by atoms with Gasteiger partial charge in [-0.2, -0.15) is 0 Å². The lowest BCUT2D eigenvalue weighted by Crippen LogP contribution is -2.23. The molecule has 1 atom stereocenters. The van der Waals surface area contributed by atoms with Crippen molar-refractivity contribution in [2.45, 2.75) is 25.4 Å². The molecule has 1 aromatic heterocycles. The molecule has 1 saturated carbocycles. The Hall–Kier alpha value is -0.380. The molecule has 0 amide bonds. The first kappa shape index (κ1) is 10.1. The third-order valence-corrected chi connectivity index (χ3v) is 3.61. The Labute approximate surface area is 91.5 Å². The summed E-state index contributed by atoms with van der Waals surface area (Å²) in [5.74, 6) is 0.143. The zero-order chi connectivity index (χ0) is 10.1. The summed E-state index contributed by atoms with van der Waals surface area (Å²) < 4.78 is 0.689. The summed E-state index contributed by atoms with van der Waals surface area (Å²) >= 11 is 7.14. The standard InChI is InChI=1S/C10H11ClO2S/c11-9-4-3-7(14-9)5-8(12)10(13)6-1-2-6/h3-4,6,10,13H,1-2,5H2. The summed E-state index contributed by atoms with van der Waals surface area (Å²) in [5.41, 5.74) is 0. The van der Waals surface area contributed by atoms with Crippen LogP contribution in [0, 0.1) is 5.92 Å². The van der Waals surface area contributed by atoms with Crippen molar-refractivity contribution in [2.24, 2.45) is 5.92 Å². The van der Waals surface area contributed by atoms with Crippen molar-refractivity contribution in [1.82, 2.24) is 0 Å². The normalized spacial score (nSPS) is 18.1. The molecule has 0 spiro atoms. The molecule has 0 aromatic carbocycles. The first-order valence-electron chi connectivity index (χ1n) is 4.62. The Bertz CT molecular complexity index is 344. The van der Waals surface area contributed by atoms with E-state index in [9.17, 15) is 9.90 Å². The van der Waals surface area contributed by atoms with E-state index in [1.54, 1.807) is 6.07 Å².